The standard InChI is InChI=1S/C16H18N2O/c1-18-11-15(7-8-16(18)19)17-10-12-3-2-4-14(9-12)13-5-6-13/h2-4,7-9,11,13,17H,5-6,10H2,1H3. The first-order valence-corrected chi connectivity index (χ1v) is 6.72. The Morgan fingerprint density at radius 1 is 1.26 bits per heavy atom. The number of benzene rings is 1. The molecule has 1 aromatic heterocycles. The summed E-state index contributed by atoms with van der Waals surface area (Å²) in [5.74, 6) is 0.789. The maximum absolute atomic E-state index is 11.3. The van der Waals surface area contributed by atoms with Gasteiger partial charge in [-0.2, -0.15) is 0 Å². The Bertz CT molecular complexity index is 641. The molecule has 1 N–H and O–H groups in total. The monoisotopic (exact) mass is 254 g/mol. The van der Waals surface area contributed by atoms with Gasteiger partial charge in [-0.3, -0.25) is 4.79 Å². The van der Waals surface area contributed by atoms with E-state index < -0.39 is 0 Å². The summed E-state index contributed by atoms with van der Waals surface area (Å²) in [6.07, 6.45) is 4.49. The van der Waals surface area contributed by atoms with Gasteiger partial charge in [-0.25, -0.2) is 0 Å². The Morgan fingerprint density at radius 2 is 2.11 bits per heavy atom. The van der Waals surface area contributed by atoms with Crippen molar-refractivity contribution in [2.75, 3.05) is 5.32 Å². The second kappa shape index (κ2) is 4.92. The van der Waals surface area contributed by atoms with Crippen LogP contribution >= 0.6 is 0 Å². The van der Waals surface area contributed by atoms with Crippen LogP contribution < -0.4 is 10.9 Å². The number of anilines is 1. The van der Waals surface area contributed by atoms with Crippen LogP contribution in [0.5, 0.6) is 0 Å². The summed E-state index contributed by atoms with van der Waals surface area (Å²) in [6, 6.07) is 12.2. The van der Waals surface area contributed by atoms with E-state index in [0.29, 0.717) is 0 Å². The fourth-order valence-electron chi connectivity index (χ4n) is 2.28. The topological polar surface area (TPSA) is 34.0 Å². The van der Waals surface area contributed by atoms with Crippen LogP contribution in [0.4, 0.5) is 5.69 Å². The van der Waals surface area contributed by atoms with Gasteiger partial charge in [0.1, 0.15) is 0 Å². The molecule has 0 amide bonds. The van der Waals surface area contributed by atoms with Gasteiger partial charge < -0.3 is 9.88 Å². The highest BCUT2D eigenvalue weighted by Gasteiger charge is 2.23. The number of pyridine rings is 1. The smallest absolute Gasteiger partial charge is 0.250 e. The molecule has 0 unspecified atom stereocenters. The number of aromatic nitrogens is 1. The third-order valence-electron chi connectivity index (χ3n) is 3.58. The molecule has 3 nitrogen and oxygen atoms in total. The molecule has 0 saturated heterocycles. The van der Waals surface area contributed by atoms with E-state index in [-0.39, 0.29) is 5.56 Å². The van der Waals surface area contributed by atoms with Crippen LogP contribution in [0, 0.1) is 0 Å². The molecule has 1 heterocycles. The number of hydrogen-bond acceptors (Lipinski definition) is 2. The fourth-order valence-corrected chi connectivity index (χ4v) is 2.28. The molecule has 1 aromatic carbocycles. The highest BCUT2D eigenvalue weighted by molar-refractivity contribution is 5.41. The zero-order valence-corrected chi connectivity index (χ0v) is 11.1. The molecule has 98 valence electrons. The second-order valence-corrected chi connectivity index (χ2v) is 5.24. The number of aryl methyl sites for hydroxylation is 1. The lowest BCUT2D eigenvalue weighted by molar-refractivity contribution is 0.859. The fraction of sp³-hybridized carbons (Fsp3) is 0.312. The first kappa shape index (κ1) is 12.0. The Kier molecular flexibility index (Phi) is 3.11. The summed E-state index contributed by atoms with van der Waals surface area (Å²) in [5, 5.41) is 3.36. The average molecular weight is 254 g/mol. The van der Waals surface area contributed by atoms with Gasteiger partial charge >= 0.3 is 0 Å². The molecule has 3 heteroatoms. The van der Waals surface area contributed by atoms with E-state index in [9.17, 15) is 4.79 Å². The zero-order valence-electron chi connectivity index (χ0n) is 11.1. The molecule has 0 radical (unpaired) electrons. The number of hydrogen-bond donors (Lipinski definition) is 1. The van der Waals surface area contributed by atoms with Crippen molar-refractivity contribution in [3.8, 4) is 0 Å². The van der Waals surface area contributed by atoms with Crippen molar-refractivity contribution in [2.45, 2.75) is 25.3 Å². The Labute approximate surface area is 112 Å². The van der Waals surface area contributed by atoms with Crippen molar-refractivity contribution in [3.05, 3.63) is 64.1 Å². The molecule has 0 spiro atoms. The first-order chi connectivity index (χ1) is 9.22. The lowest BCUT2D eigenvalue weighted by Gasteiger charge is -2.09. The first-order valence-electron chi connectivity index (χ1n) is 6.72. The molecule has 1 fully saturated rings. The van der Waals surface area contributed by atoms with Gasteiger partial charge in [0.05, 0.1) is 5.69 Å². The number of rotatable bonds is 4. The Morgan fingerprint density at radius 3 is 2.84 bits per heavy atom. The van der Waals surface area contributed by atoms with Crippen LogP contribution in [0.25, 0.3) is 0 Å². The SMILES string of the molecule is Cn1cc(NCc2cccc(C3CC3)c2)ccc1=O. The predicted octanol–water partition coefficient (Wildman–Crippen LogP) is 2.87. The van der Waals surface area contributed by atoms with Crippen molar-refractivity contribution in [1.29, 1.82) is 0 Å². The van der Waals surface area contributed by atoms with E-state index in [1.165, 1.54) is 24.0 Å². The summed E-state index contributed by atoms with van der Waals surface area (Å²) in [6.45, 7) is 0.790. The third-order valence-corrected chi connectivity index (χ3v) is 3.58. The molecular formula is C16H18N2O. The van der Waals surface area contributed by atoms with E-state index in [4.69, 9.17) is 0 Å². The van der Waals surface area contributed by atoms with Crippen LogP contribution in [0.2, 0.25) is 0 Å². The maximum atomic E-state index is 11.3. The minimum atomic E-state index is 0.0151. The Balaban J connectivity index is 1.69. The van der Waals surface area contributed by atoms with Crippen LogP contribution in [0.15, 0.2) is 47.4 Å². The van der Waals surface area contributed by atoms with Gasteiger partial charge in [0.2, 0.25) is 5.56 Å². The molecule has 0 atom stereocenters. The summed E-state index contributed by atoms with van der Waals surface area (Å²) in [5.41, 5.74) is 3.73. The number of nitrogens with one attached hydrogen (secondary N) is 1. The van der Waals surface area contributed by atoms with Crippen LogP contribution in [-0.4, -0.2) is 4.57 Å². The van der Waals surface area contributed by atoms with Gasteiger partial charge in [-0.15, -0.1) is 0 Å². The highest BCUT2D eigenvalue weighted by Crippen LogP contribution is 2.40. The quantitative estimate of drug-likeness (QED) is 0.910. The lowest BCUT2D eigenvalue weighted by atomic mass is 10.1. The van der Waals surface area contributed by atoms with E-state index in [2.05, 4.69) is 29.6 Å². The van der Waals surface area contributed by atoms with Crippen molar-refractivity contribution >= 4 is 5.69 Å². The van der Waals surface area contributed by atoms with Gasteiger partial charge in [0, 0.05) is 25.9 Å². The summed E-state index contributed by atoms with van der Waals surface area (Å²) < 4.78 is 1.59. The van der Waals surface area contributed by atoms with Gasteiger partial charge in [0.15, 0.2) is 0 Å². The molecule has 1 saturated carbocycles. The van der Waals surface area contributed by atoms with Crippen molar-refractivity contribution in [2.24, 2.45) is 7.05 Å². The van der Waals surface area contributed by atoms with Crippen LogP contribution in [0.1, 0.15) is 29.9 Å². The average Bonchev–Trinajstić information content (AvgIpc) is 3.25. The minimum absolute atomic E-state index is 0.0151. The maximum Gasteiger partial charge on any atom is 0.250 e. The van der Waals surface area contributed by atoms with E-state index >= 15 is 0 Å². The van der Waals surface area contributed by atoms with E-state index in [1.54, 1.807) is 17.7 Å². The second-order valence-electron chi connectivity index (χ2n) is 5.24. The summed E-state index contributed by atoms with van der Waals surface area (Å²) in [7, 11) is 1.77. The molecule has 0 bridgehead atoms. The largest absolute Gasteiger partial charge is 0.380 e. The molecule has 1 aliphatic rings. The van der Waals surface area contributed by atoms with Gasteiger partial charge in [-0.05, 0) is 36.0 Å². The van der Waals surface area contributed by atoms with Gasteiger partial charge in [-0.1, -0.05) is 24.3 Å². The van der Waals surface area contributed by atoms with E-state index in [1.807, 2.05) is 12.3 Å². The molecule has 0 aliphatic heterocycles. The third kappa shape index (κ3) is 2.87. The van der Waals surface area contributed by atoms with Crippen LogP contribution in [0.3, 0.4) is 0 Å². The van der Waals surface area contributed by atoms with Crippen molar-refractivity contribution in [1.82, 2.24) is 4.57 Å². The van der Waals surface area contributed by atoms with E-state index in [0.717, 1.165) is 18.2 Å². The highest BCUT2D eigenvalue weighted by atomic mass is 16.1. The molecule has 3 rings (SSSR count). The lowest BCUT2D eigenvalue weighted by Crippen LogP contribution is -2.15. The van der Waals surface area contributed by atoms with Crippen LogP contribution in [-0.2, 0) is 13.6 Å². The minimum Gasteiger partial charge on any atom is -0.380 e. The summed E-state index contributed by atoms with van der Waals surface area (Å²) in [4.78, 5) is 11.3. The number of nitrogens with zero attached hydrogens (tertiary/aromatic N) is 1. The summed E-state index contributed by atoms with van der Waals surface area (Å²) >= 11 is 0. The van der Waals surface area contributed by atoms with Gasteiger partial charge in [0.25, 0.3) is 0 Å². The normalized spacial score (nSPS) is 14.4. The molecule has 19 heavy (non-hydrogen) atoms. The predicted molar refractivity (Wildman–Crippen MR) is 77.4 cm³/mol. The van der Waals surface area contributed by atoms with Crippen molar-refractivity contribution in [3.63, 3.8) is 0 Å². The Hall–Kier alpha value is -2.03. The molecule has 2 aromatic rings. The molecular weight excluding hydrogens is 236 g/mol. The van der Waals surface area contributed by atoms with Crippen molar-refractivity contribution < 1.29 is 0 Å². The zero-order chi connectivity index (χ0) is 13.2. The molecule has 1 aliphatic carbocycles.